The summed E-state index contributed by atoms with van der Waals surface area (Å²) in [6.07, 6.45) is 6.80. The lowest BCUT2D eigenvalue weighted by Crippen LogP contribution is -2.58. The number of aryl methyl sites for hydroxylation is 1. The summed E-state index contributed by atoms with van der Waals surface area (Å²) in [5.74, 6) is -0.183. The van der Waals surface area contributed by atoms with Crippen molar-refractivity contribution in [1.29, 1.82) is 0 Å². The van der Waals surface area contributed by atoms with E-state index in [1.807, 2.05) is 12.1 Å². The van der Waals surface area contributed by atoms with E-state index in [1.165, 1.54) is 44.2 Å². The number of nitrogens with zero attached hydrogens (tertiary/aromatic N) is 2. The Bertz CT molecular complexity index is 860. The Labute approximate surface area is 179 Å². The Hall–Kier alpha value is -1.75. The van der Waals surface area contributed by atoms with Crippen LogP contribution in [0.2, 0.25) is 0 Å². The zero-order valence-electron chi connectivity index (χ0n) is 17.8. The third-order valence-electron chi connectivity index (χ3n) is 7.86. The molecule has 0 unspecified atom stereocenters. The summed E-state index contributed by atoms with van der Waals surface area (Å²) in [7, 11) is 0. The van der Waals surface area contributed by atoms with E-state index in [1.54, 1.807) is 11.1 Å². The summed E-state index contributed by atoms with van der Waals surface area (Å²) in [4.78, 5) is 4.97. The molecule has 3 nitrogen and oxygen atoms in total. The molecule has 2 aromatic rings. The lowest BCUT2D eigenvalue weighted by atomic mass is 9.64. The summed E-state index contributed by atoms with van der Waals surface area (Å²) < 4.78 is 13.2. The van der Waals surface area contributed by atoms with E-state index in [0.717, 1.165) is 44.7 Å². The van der Waals surface area contributed by atoms with Crippen molar-refractivity contribution in [2.75, 3.05) is 26.2 Å². The van der Waals surface area contributed by atoms with Crippen molar-refractivity contribution in [3.63, 3.8) is 0 Å². The highest BCUT2D eigenvalue weighted by Crippen LogP contribution is 2.45. The van der Waals surface area contributed by atoms with Crippen LogP contribution in [0.25, 0.3) is 0 Å². The van der Waals surface area contributed by atoms with E-state index >= 15 is 0 Å². The third-order valence-corrected chi connectivity index (χ3v) is 7.86. The second-order valence-corrected chi connectivity index (χ2v) is 9.61. The van der Waals surface area contributed by atoms with E-state index in [-0.39, 0.29) is 18.0 Å². The van der Waals surface area contributed by atoms with Crippen LogP contribution in [0.4, 0.5) is 4.39 Å². The molecule has 0 amide bonds. The largest absolute Gasteiger partial charge is 0.391 e. The molecular formula is C26H33FN2O. The fourth-order valence-electron chi connectivity index (χ4n) is 6.15. The average molecular weight is 409 g/mol. The summed E-state index contributed by atoms with van der Waals surface area (Å²) in [5, 5.41) is 10.8. The van der Waals surface area contributed by atoms with Gasteiger partial charge in [-0.05, 0) is 85.9 Å². The van der Waals surface area contributed by atoms with Gasteiger partial charge in [-0.15, -0.1) is 0 Å². The molecule has 1 spiro atoms. The van der Waals surface area contributed by atoms with Crippen LogP contribution in [0.3, 0.4) is 0 Å². The molecule has 1 aliphatic carbocycles. The Kier molecular flexibility index (Phi) is 5.65. The highest BCUT2D eigenvalue weighted by Gasteiger charge is 2.42. The summed E-state index contributed by atoms with van der Waals surface area (Å²) in [6, 6.07) is 16.1. The van der Waals surface area contributed by atoms with Gasteiger partial charge in [0.15, 0.2) is 0 Å². The number of piperidine rings is 2. The monoisotopic (exact) mass is 408 g/mol. The summed E-state index contributed by atoms with van der Waals surface area (Å²) in [6.45, 7) is 4.76. The molecule has 1 N–H and O–H groups in total. The lowest BCUT2D eigenvalue weighted by Gasteiger charge is -2.50. The van der Waals surface area contributed by atoms with Gasteiger partial charge in [0.2, 0.25) is 0 Å². The zero-order chi connectivity index (χ0) is 20.6. The number of likely N-dealkylation sites (tertiary alicyclic amines) is 2. The first kappa shape index (κ1) is 20.2. The SMILES string of the molecule is O[C@@H]1CCN(Cc2ccc(F)cc2)C[C@H]1N1CCC2(CCCc3ccccc32)CC1. The Morgan fingerprint density at radius 2 is 1.73 bits per heavy atom. The molecule has 2 saturated heterocycles. The van der Waals surface area contributed by atoms with Crippen LogP contribution < -0.4 is 0 Å². The van der Waals surface area contributed by atoms with Gasteiger partial charge in [0, 0.05) is 25.7 Å². The minimum absolute atomic E-state index is 0.183. The molecule has 0 saturated carbocycles. The second-order valence-electron chi connectivity index (χ2n) is 9.61. The molecule has 0 bridgehead atoms. The van der Waals surface area contributed by atoms with E-state index in [2.05, 4.69) is 34.1 Å². The van der Waals surface area contributed by atoms with Crippen molar-refractivity contribution in [3.05, 3.63) is 71.0 Å². The lowest BCUT2D eigenvalue weighted by molar-refractivity contribution is -0.0298. The van der Waals surface area contributed by atoms with Crippen LogP contribution in [0.15, 0.2) is 48.5 Å². The van der Waals surface area contributed by atoms with E-state index < -0.39 is 0 Å². The van der Waals surface area contributed by atoms with Gasteiger partial charge in [-0.25, -0.2) is 4.39 Å². The highest BCUT2D eigenvalue weighted by atomic mass is 19.1. The van der Waals surface area contributed by atoms with Crippen molar-refractivity contribution in [1.82, 2.24) is 9.80 Å². The van der Waals surface area contributed by atoms with Gasteiger partial charge in [-0.3, -0.25) is 9.80 Å². The van der Waals surface area contributed by atoms with E-state index in [0.29, 0.717) is 5.41 Å². The predicted molar refractivity (Wildman–Crippen MR) is 118 cm³/mol. The molecule has 2 heterocycles. The van der Waals surface area contributed by atoms with Crippen LogP contribution in [0, 0.1) is 5.82 Å². The van der Waals surface area contributed by atoms with Crippen molar-refractivity contribution < 1.29 is 9.50 Å². The van der Waals surface area contributed by atoms with Gasteiger partial charge in [-0.1, -0.05) is 36.4 Å². The maximum absolute atomic E-state index is 13.2. The Morgan fingerprint density at radius 1 is 0.967 bits per heavy atom. The smallest absolute Gasteiger partial charge is 0.123 e. The number of hydrogen-bond donors (Lipinski definition) is 1. The van der Waals surface area contributed by atoms with Crippen LogP contribution in [-0.2, 0) is 18.4 Å². The number of fused-ring (bicyclic) bond motifs is 2. The molecule has 3 aliphatic rings. The third kappa shape index (κ3) is 3.93. The molecule has 2 aliphatic heterocycles. The zero-order valence-corrected chi connectivity index (χ0v) is 17.8. The van der Waals surface area contributed by atoms with Crippen LogP contribution in [0.5, 0.6) is 0 Å². The molecule has 0 aromatic heterocycles. The first-order valence-corrected chi connectivity index (χ1v) is 11.6. The number of hydrogen-bond acceptors (Lipinski definition) is 3. The first-order valence-electron chi connectivity index (χ1n) is 11.6. The average Bonchev–Trinajstić information content (AvgIpc) is 2.78. The molecule has 2 aromatic carbocycles. The van der Waals surface area contributed by atoms with Crippen molar-refractivity contribution in [2.45, 2.75) is 62.6 Å². The molecular weight excluding hydrogens is 375 g/mol. The molecule has 2 atom stereocenters. The highest BCUT2D eigenvalue weighted by molar-refractivity contribution is 5.37. The summed E-state index contributed by atoms with van der Waals surface area (Å²) in [5.41, 5.74) is 4.64. The van der Waals surface area contributed by atoms with Gasteiger partial charge in [0.05, 0.1) is 6.10 Å². The van der Waals surface area contributed by atoms with Gasteiger partial charge in [-0.2, -0.15) is 0 Å². The number of aliphatic hydroxyl groups is 1. The molecule has 160 valence electrons. The van der Waals surface area contributed by atoms with Crippen molar-refractivity contribution in [2.24, 2.45) is 0 Å². The number of benzene rings is 2. The minimum Gasteiger partial charge on any atom is -0.391 e. The van der Waals surface area contributed by atoms with Crippen LogP contribution in [-0.4, -0.2) is 53.2 Å². The number of aliphatic hydroxyl groups excluding tert-OH is 1. The molecule has 4 heteroatoms. The number of halogens is 1. The first-order chi connectivity index (χ1) is 14.6. The topological polar surface area (TPSA) is 26.7 Å². The molecule has 0 radical (unpaired) electrons. The predicted octanol–water partition coefficient (Wildman–Crippen LogP) is 4.13. The van der Waals surface area contributed by atoms with Crippen molar-refractivity contribution in [3.8, 4) is 0 Å². The second kappa shape index (κ2) is 8.41. The van der Waals surface area contributed by atoms with Gasteiger partial charge in [0.1, 0.15) is 5.82 Å². The molecule has 5 rings (SSSR count). The standard InChI is InChI=1S/C26H33FN2O/c27-22-9-7-20(8-10-22)18-28-15-11-25(30)24(19-28)29-16-13-26(14-17-29)12-3-5-21-4-1-2-6-23(21)26/h1-2,4,6-10,24-25,30H,3,5,11-19H2/t24-,25-/m1/s1. The Morgan fingerprint density at radius 3 is 2.53 bits per heavy atom. The van der Waals surface area contributed by atoms with Crippen LogP contribution >= 0.6 is 0 Å². The maximum Gasteiger partial charge on any atom is 0.123 e. The number of rotatable bonds is 3. The fourth-order valence-corrected chi connectivity index (χ4v) is 6.15. The molecule has 2 fully saturated rings. The quantitative estimate of drug-likeness (QED) is 0.827. The van der Waals surface area contributed by atoms with Crippen LogP contribution in [0.1, 0.15) is 48.8 Å². The van der Waals surface area contributed by atoms with E-state index in [4.69, 9.17) is 0 Å². The minimum atomic E-state index is -0.248. The van der Waals surface area contributed by atoms with E-state index in [9.17, 15) is 9.50 Å². The van der Waals surface area contributed by atoms with Gasteiger partial charge >= 0.3 is 0 Å². The van der Waals surface area contributed by atoms with Gasteiger partial charge in [0.25, 0.3) is 0 Å². The summed E-state index contributed by atoms with van der Waals surface area (Å²) >= 11 is 0. The van der Waals surface area contributed by atoms with Crippen molar-refractivity contribution >= 4 is 0 Å². The normalized spacial score (nSPS) is 27.1. The maximum atomic E-state index is 13.2. The Balaban J connectivity index is 1.25. The molecule has 30 heavy (non-hydrogen) atoms. The van der Waals surface area contributed by atoms with Gasteiger partial charge < -0.3 is 5.11 Å². The fraction of sp³-hybridized carbons (Fsp3) is 0.538.